The minimum atomic E-state index is -0.211. The first-order chi connectivity index (χ1) is 11.7. The Morgan fingerprint density at radius 1 is 1.08 bits per heavy atom. The Labute approximate surface area is 142 Å². The van der Waals surface area contributed by atoms with Crippen LogP contribution in [0.1, 0.15) is 15.9 Å². The average Bonchev–Trinajstić information content (AvgIpc) is 2.64. The molecule has 2 aromatic rings. The Morgan fingerprint density at radius 2 is 1.79 bits per heavy atom. The molecule has 0 atom stereocenters. The first-order valence-corrected chi connectivity index (χ1v) is 7.46. The van der Waals surface area contributed by atoms with E-state index in [1.807, 2.05) is 30.3 Å². The fourth-order valence-corrected chi connectivity index (χ4v) is 2.17. The predicted octanol–water partition coefficient (Wildman–Crippen LogP) is 4.16. The molecule has 0 saturated carbocycles. The standard InChI is InChI=1S/C20H20O4/c1-4-12-24-19-14-16(22-2)13-18(23-3)20(19)17(21)11-10-15-8-6-5-7-9-15/h4-11,13-14H,1,12H2,2-3H3/b11-10+. The lowest BCUT2D eigenvalue weighted by molar-refractivity contribution is 0.104. The van der Waals surface area contributed by atoms with Crippen molar-refractivity contribution < 1.29 is 19.0 Å². The number of hydrogen-bond acceptors (Lipinski definition) is 4. The summed E-state index contributed by atoms with van der Waals surface area (Å²) in [6, 6.07) is 12.9. The summed E-state index contributed by atoms with van der Waals surface area (Å²) in [5.74, 6) is 1.14. The van der Waals surface area contributed by atoms with E-state index in [-0.39, 0.29) is 12.4 Å². The van der Waals surface area contributed by atoms with Gasteiger partial charge in [-0.25, -0.2) is 0 Å². The molecule has 2 rings (SSSR count). The Balaban J connectivity index is 2.40. The van der Waals surface area contributed by atoms with Gasteiger partial charge in [0.2, 0.25) is 0 Å². The van der Waals surface area contributed by atoms with E-state index in [9.17, 15) is 4.79 Å². The number of carbonyl (C=O) groups is 1. The first kappa shape index (κ1) is 17.3. The zero-order valence-corrected chi connectivity index (χ0v) is 13.8. The van der Waals surface area contributed by atoms with Crippen LogP contribution in [0.5, 0.6) is 17.2 Å². The largest absolute Gasteiger partial charge is 0.496 e. The second-order valence-electron chi connectivity index (χ2n) is 4.91. The van der Waals surface area contributed by atoms with E-state index >= 15 is 0 Å². The number of methoxy groups -OCH3 is 2. The van der Waals surface area contributed by atoms with Crippen molar-refractivity contribution in [1.29, 1.82) is 0 Å². The number of ketones is 1. The highest BCUT2D eigenvalue weighted by Gasteiger charge is 2.19. The number of hydrogen-bond donors (Lipinski definition) is 0. The van der Waals surface area contributed by atoms with Crippen LogP contribution >= 0.6 is 0 Å². The van der Waals surface area contributed by atoms with Gasteiger partial charge in [0.25, 0.3) is 0 Å². The van der Waals surface area contributed by atoms with Crippen LogP contribution in [-0.4, -0.2) is 26.6 Å². The van der Waals surface area contributed by atoms with Crippen LogP contribution in [0.3, 0.4) is 0 Å². The van der Waals surface area contributed by atoms with Gasteiger partial charge in [-0.3, -0.25) is 4.79 Å². The Kier molecular flexibility index (Phi) is 6.20. The van der Waals surface area contributed by atoms with Gasteiger partial charge in [0.05, 0.1) is 14.2 Å². The third-order valence-corrected chi connectivity index (χ3v) is 3.32. The monoisotopic (exact) mass is 324 g/mol. The maximum absolute atomic E-state index is 12.7. The van der Waals surface area contributed by atoms with E-state index in [0.29, 0.717) is 22.8 Å². The molecule has 0 spiro atoms. The molecule has 0 radical (unpaired) electrons. The van der Waals surface area contributed by atoms with Gasteiger partial charge >= 0.3 is 0 Å². The van der Waals surface area contributed by atoms with E-state index < -0.39 is 0 Å². The lowest BCUT2D eigenvalue weighted by Crippen LogP contribution is -2.05. The SMILES string of the molecule is C=CCOc1cc(OC)cc(OC)c1C(=O)/C=C/c1ccccc1. The molecule has 2 aromatic carbocycles. The van der Waals surface area contributed by atoms with Crippen molar-refractivity contribution in [3.63, 3.8) is 0 Å². The topological polar surface area (TPSA) is 44.8 Å². The zero-order chi connectivity index (χ0) is 17.4. The fraction of sp³-hybridized carbons (Fsp3) is 0.150. The third kappa shape index (κ3) is 4.26. The summed E-state index contributed by atoms with van der Waals surface area (Å²) in [5, 5.41) is 0. The van der Waals surface area contributed by atoms with Crippen molar-refractivity contribution in [3.05, 3.63) is 72.3 Å². The number of ether oxygens (including phenoxy) is 3. The summed E-state index contributed by atoms with van der Waals surface area (Å²) < 4.78 is 16.2. The molecular weight excluding hydrogens is 304 g/mol. The highest BCUT2D eigenvalue weighted by atomic mass is 16.5. The van der Waals surface area contributed by atoms with Crippen molar-refractivity contribution in [1.82, 2.24) is 0 Å². The smallest absolute Gasteiger partial charge is 0.193 e. The van der Waals surface area contributed by atoms with Gasteiger partial charge in [-0.1, -0.05) is 49.1 Å². The molecule has 0 heterocycles. The predicted molar refractivity (Wildman–Crippen MR) is 95.0 cm³/mol. The van der Waals surface area contributed by atoms with Crippen LogP contribution in [0.15, 0.2) is 61.2 Å². The molecular formula is C20H20O4. The van der Waals surface area contributed by atoms with Crippen molar-refractivity contribution >= 4 is 11.9 Å². The summed E-state index contributed by atoms with van der Waals surface area (Å²) in [7, 11) is 3.05. The molecule has 0 saturated heterocycles. The molecule has 124 valence electrons. The Hall–Kier alpha value is -3.01. The Morgan fingerprint density at radius 3 is 2.42 bits per heavy atom. The van der Waals surface area contributed by atoms with Crippen LogP contribution in [0.2, 0.25) is 0 Å². The molecule has 4 heteroatoms. The van der Waals surface area contributed by atoms with Crippen LogP contribution in [0.4, 0.5) is 0 Å². The fourth-order valence-electron chi connectivity index (χ4n) is 2.17. The summed E-state index contributed by atoms with van der Waals surface area (Å²) in [4.78, 5) is 12.7. The van der Waals surface area contributed by atoms with Crippen LogP contribution < -0.4 is 14.2 Å². The number of allylic oxidation sites excluding steroid dienone is 1. The minimum absolute atomic E-state index is 0.211. The molecule has 0 unspecified atom stereocenters. The van der Waals surface area contributed by atoms with Gasteiger partial charge in [0.1, 0.15) is 29.4 Å². The van der Waals surface area contributed by atoms with E-state index in [1.165, 1.54) is 13.2 Å². The number of benzene rings is 2. The summed E-state index contributed by atoms with van der Waals surface area (Å²) in [6.45, 7) is 3.90. The molecule has 24 heavy (non-hydrogen) atoms. The molecule has 0 fully saturated rings. The molecule has 0 aromatic heterocycles. The zero-order valence-electron chi connectivity index (χ0n) is 13.8. The average molecular weight is 324 g/mol. The summed E-state index contributed by atoms with van der Waals surface area (Å²) in [5.41, 5.74) is 1.29. The molecule has 0 aliphatic heterocycles. The van der Waals surface area contributed by atoms with Gasteiger partial charge in [0.15, 0.2) is 5.78 Å². The molecule has 0 aliphatic rings. The molecule has 0 N–H and O–H groups in total. The van der Waals surface area contributed by atoms with Crippen LogP contribution in [0.25, 0.3) is 6.08 Å². The van der Waals surface area contributed by atoms with Crippen molar-refractivity contribution in [2.45, 2.75) is 0 Å². The lowest BCUT2D eigenvalue weighted by Gasteiger charge is -2.14. The Bertz CT molecular complexity index is 733. The highest BCUT2D eigenvalue weighted by molar-refractivity contribution is 6.10. The maximum atomic E-state index is 12.7. The van der Waals surface area contributed by atoms with Gasteiger partial charge in [-0.05, 0) is 11.6 Å². The van der Waals surface area contributed by atoms with Gasteiger partial charge < -0.3 is 14.2 Å². The number of carbonyl (C=O) groups excluding carboxylic acids is 1. The van der Waals surface area contributed by atoms with Crippen molar-refractivity contribution in [2.24, 2.45) is 0 Å². The maximum Gasteiger partial charge on any atom is 0.193 e. The van der Waals surface area contributed by atoms with E-state index in [1.54, 1.807) is 31.4 Å². The normalized spacial score (nSPS) is 10.4. The van der Waals surface area contributed by atoms with Gasteiger partial charge in [-0.2, -0.15) is 0 Å². The van der Waals surface area contributed by atoms with Crippen LogP contribution in [0, 0.1) is 0 Å². The molecule has 4 nitrogen and oxygen atoms in total. The second-order valence-corrected chi connectivity index (χ2v) is 4.91. The van der Waals surface area contributed by atoms with Crippen LogP contribution in [-0.2, 0) is 0 Å². The van der Waals surface area contributed by atoms with Crippen molar-refractivity contribution in [3.8, 4) is 17.2 Å². The number of rotatable bonds is 8. The third-order valence-electron chi connectivity index (χ3n) is 3.32. The van der Waals surface area contributed by atoms with E-state index in [2.05, 4.69) is 6.58 Å². The molecule has 0 aliphatic carbocycles. The van der Waals surface area contributed by atoms with E-state index in [0.717, 1.165) is 5.56 Å². The van der Waals surface area contributed by atoms with E-state index in [4.69, 9.17) is 14.2 Å². The van der Waals surface area contributed by atoms with Gasteiger partial charge in [0, 0.05) is 12.1 Å². The minimum Gasteiger partial charge on any atom is -0.496 e. The summed E-state index contributed by atoms with van der Waals surface area (Å²) in [6.07, 6.45) is 4.86. The quantitative estimate of drug-likeness (QED) is 0.415. The van der Waals surface area contributed by atoms with Crippen molar-refractivity contribution in [2.75, 3.05) is 20.8 Å². The second kappa shape index (κ2) is 8.58. The molecule has 0 bridgehead atoms. The van der Waals surface area contributed by atoms with Gasteiger partial charge in [-0.15, -0.1) is 0 Å². The summed E-state index contributed by atoms with van der Waals surface area (Å²) >= 11 is 0. The lowest BCUT2D eigenvalue weighted by atomic mass is 10.1. The first-order valence-electron chi connectivity index (χ1n) is 7.46. The molecule has 0 amide bonds. The highest BCUT2D eigenvalue weighted by Crippen LogP contribution is 2.35.